The first kappa shape index (κ1) is 21.1. The smallest absolute Gasteiger partial charge is 0.269 e. The van der Waals surface area contributed by atoms with Crippen molar-refractivity contribution in [2.24, 2.45) is 5.73 Å². The predicted octanol–water partition coefficient (Wildman–Crippen LogP) is 0.853. The number of fused-ring (bicyclic) bond motifs is 1. The largest absolute Gasteiger partial charge is 0.364 e. The van der Waals surface area contributed by atoms with Crippen molar-refractivity contribution >= 4 is 28.5 Å². The Balaban J connectivity index is 1.66. The molecular weight excluding hydrogens is 415 g/mol. The number of ketones is 1. The van der Waals surface area contributed by atoms with Gasteiger partial charge >= 0.3 is 0 Å². The number of benzene rings is 1. The first-order chi connectivity index (χ1) is 15.3. The molecule has 10 heteroatoms. The monoisotopic (exact) mass is 434 g/mol. The van der Waals surface area contributed by atoms with E-state index in [0.29, 0.717) is 22.3 Å². The second kappa shape index (κ2) is 8.55. The minimum atomic E-state index is -1.25. The molecule has 1 aromatic carbocycles. The number of alkyl halides is 1. The number of aromatic nitrogens is 4. The van der Waals surface area contributed by atoms with Crippen LogP contribution in [-0.2, 0) is 16.1 Å². The number of Topliss-reactive ketones (excluding diaryl/α,β-unsaturated/α-hetero) is 1. The van der Waals surface area contributed by atoms with Crippen LogP contribution in [0.4, 0.5) is 4.39 Å². The SMILES string of the molecule is CC(=O)[C@@H]1C[C@@H](F)CN1C(=O)Cn1nc(C(N)=O)c2cc(C#Cc3ncccn3)ccc21. The van der Waals surface area contributed by atoms with Crippen molar-refractivity contribution in [1.29, 1.82) is 0 Å². The molecular formula is C22H19FN6O3. The number of likely N-dealkylation sites (tertiary alicyclic amines) is 1. The maximum Gasteiger partial charge on any atom is 0.269 e. The quantitative estimate of drug-likeness (QED) is 0.607. The molecule has 0 bridgehead atoms. The molecule has 0 radical (unpaired) electrons. The molecule has 4 rings (SSSR count). The van der Waals surface area contributed by atoms with Gasteiger partial charge in [-0.25, -0.2) is 14.4 Å². The van der Waals surface area contributed by atoms with Gasteiger partial charge in [0.25, 0.3) is 5.91 Å². The number of carbonyl (C=O) groups is 3. The molecule has 162 valence electrons. The zero-order chi connectivity index (χ0) is 22.8. The second-order valence-corrected chi connectivity index (χ2v) is 7.43. The van der Waals surface area contributed by atoms with Gasteiger partial charge in [0.1, 0.15) is 12.7 Å². The first-order valence-corrected chi connectivity index (χ1v) is 9.87. The van der Waals surface area contributed by atoms with E-state index in [2.05, 4.69) is 26.9 Å². The van der Waals surface area contributed by atoms with Gasteiger partial charge in [-0.2, -0.15) is 5.10 Å². The van der Waals surface area contributed by atoms with E-state index < -0.39 is 24.0 Å². The van der Waals surface area contributed by atoms with E-state index in [-0.39, 0.29) is 31.0 Å². The Labute approximate surface area is 182 Å². The molecule has 2 aromatic heterocycles. The van der Waals surface area contributed by atoms with E-state index in [1.54, 1.807) is 36.7 Å². The zero-order valence-electron chi connectivity index (χ0n) is 17.2. The van der Waals surface area contributed by atoms with Crippen LogP contribution in [0.1, 0.15) is 35.2 Å². The molecule has 0 unspecified atom stereocenters. The van der Waals surface area contributed by atoms with Crippen molar-refractivity contribution < 1.29 is 18.8 Å². The van der Waals surface area contributed by atoms with Crippen LogP contribution in [0.25, 0.3) is 10.9 Å². The fourth-order valence-corrected chi connectivity index (χ4v) is 3.72. The number of primary amides is 1. The third kappa shape index (κ3) is 4.18. The Morgan fingerprint density at radius 3 is 2.66 bits per heavy atom. The molecule has 0 spiro atoms. The summed E-state index contributed by atoms with van der Waals surface area (Å²) in [4.78, 5) is 45.9. The molecule has 1 saturated heterocycles. The molecule has 0 aliphatic carbocycles. The molecule has 1 aliphatic rings. The average Bonchev–Trinajstić information content (AvgIpc) is 3.34. The van der Waals surface area contributed by atoms with E-state index in [9.17, 15) is 18.8 Å². The van der Waals surface area contributed by atoms with Crippen LogP contribution in [0, 0.1) is 11.8 Å². The van der Waals surface area contributed by atoms with Crippen molar-refractivity contribution in [3.05, 3.63) is 53.7 Å². The van der Waals surface area contributed by atoms with E-state index in [1.165, 1.54) is 16.5 Å². The minimum absolute atomic E-state index is 0.0133. The molecule has 3 heterocycles. The Bertz CT molecular complexity index is 1280. The Morgan fingerprint density at radius 2 is 1.97 bits per heavy atom. The highest BCUT2D eigenvalue weighted by molar-refractivity contribution is 6.04. The Hall–Kier alpha value is -4.13. The van der Waals surface area contributed by atoms with Crippen LogP contribution in [0.5, 0.6) is 0 Å². The number of nitrogens with zero attached hydrogens (tertiary/aromatic N) is 5. The molecule has 2 amide bonds. The van der Waals surface area contributed by atoms with Gasteiger partial charge < -0.3 is 10.6 Å². The number of nitrogens with two attached hydrogens (primary N) is 1. The lowest BCUT2D eigenvalue weighted by Crippen LogP contribution is -2.41. The maximum atomic E-state index is 13.8. The number of rotatable bonds is 4. The first-order valence-electron chi connectivity index (χ1n) is 9.87. The van der Waals surface area contributed by atoms with Gasteiger partial charge in [0, 0.05) is 29.8 Å². The summed E-state index contributed by atoms with van der Waals surface area (Å²) in [7, 11) is 0. The molecule has 0 saturated carbocycles. The maximum absolute atomic E-state index is 13.8. The van der Waals surface area contributed by atoms with Crippen molar-refractivity contribution in [2.45, 2.75) is 32.1 Å². The molecule has 32 heavy (non-hydrogen) atoms. The van der Waals surface area contributed by atoms with E-state index >= 15 is 0 Å². The number of hydrogen-bond donors (Lipinski definition) is 1. The Morgan fingerprint density at radius 1 is 1.22 bits per heavy atom. The van der Waals surface area contributed by atoms with Crippen molar-refractivity contribution in [3.63, 3.8) is 0 Å². The van der Waals surface area contributed by atoms with Gasteiger partial charge in [0.05, 0.1) is 18.1 Å². The summed E-state index contributed by atoms with van der Waals surface area (Å²) in [5, 5.41) is 4.62. The number of halogens is 1. The lowest BCUT2D eigenvalue weighted by atomic mass is 10.1. The van der Waals surface area contributed by atoms with Gasteiger partial charge in [0.15, 0.2) is 11.5 Å². The number of amides is 2. The fourth-order valence-electron chi connectivity index (χ4n) is 3.72. The van der Waals surface area contributed by atoms with Gasteiger partial charge in [-0.15, -0.1) is 0 Å². The third-order valence-electron chi connectivity index (χ3n) is 5.19. The zero-order valence-corrected chi connectivity index (χ0v) is 17.2. The molecule has 1 fully saturated rings. The van der Waals surface area contributed by atoms with Gasteiger partial charge in [-0.3, -0.25) is 19.1 Å². The summed E-state index contributed by atoms with van der Waals surface area (Å²) in [5.74, 6) is 4.60. The number of carbonyl (C=O) groups excluding carboxylic acids is 3. The van der Waals surface area contributed by atoms with E-state index in [1.807, 2.05) is 0 Å². The summed E-state index contributed by atoms with van der Waals surface area (Å²) in [6.07, 6.45) is 1.89. The van der Waals surface area contributed by atoms with Crippen LogP contribution in [0.3, 0.4) is 0 Å². The highest BCUT2D eigenvalue weighted by atomic mass is 19.1. The van der Waals surface area contributed by atoms with Crippen molar-refractivity contribution in [1.82, 2.24) is 24.6 Å². The lowest BCUT2D eigenvalue weighted by molar-refractivity contribution is -0.137. The van der Waals surface area contributed by atoms with Gasteiger partial charge in [-0.05, 0) is 37.1 Å². The van der Waals surface area contributed by atoms with E-state index in [4.69, 9.17) is 5.73 Å². The average molecular weight is 434 g/mol. The van der Waals surface area contributed by atoms with Gasteiger partial charge in [-0.1, -0.05) is 5.92 Å². The van der Waals surface area contributed by atoms with Gasteiger partial charge in [0.2, 0.25) is 11.7 Å². The molecule has 2 atom stereocenters. The number of hydrogen-bond acceptors (Lipinski definition) is 6. The highest BCUT2D eigenvalue weighted by Gasteiger charge is 2.38. The summed E-state index contributed by atoms with van der Waals surface area (Å²) >= 11 is 0. The summed E-state index contributed by atoms with van der Waals surface area (Å²) in [6.45, 7) is 0.927. The molecule has 2 N–H and O–H groups in total. The van der Waals surface area contributed by atoms with Crippen molar-refractivity contribution in [3.8, 4) is 11.8 Å². The van der Waals surface area contributed by atoms with Crippen LogP contribution in [0.15, 0.2) is 36.7 Å². The van der Waals surface area contributed by atoms with Crippen LogP contribution in [-0.4, -0.2) is 61.0 Å². The van der Waals surface area contributed by atoms with Crippen LogP contribution >= 0.6 is 0 Å². The summed E-state index contributed by atoms with van der Waals surface area (Å²) in [5.41, 5.74) is 6.54. The Kier molecular flexibility index (Phi) is 5.64. The predicted molar refractivity (Wildman–Crippen MR) is 112 cm³/mol. The topological polar surface area (TPSA) is 124 Å². The highest BCUT2D eigenvalue weighted by Crippen LogP contribution is 2.24. The minimum Gasteiger partial charge on any atom is -0.364 e. The normalized spacial score (nSPS) is 17.8. The van der Waals surface area contributed by atoms with Crippen LogP contribution in [0.2, 0.25) is 0 Å². The molecule has 9 nitrogen and oxygen atoms in total. The summed E-state index contributed by atoms with van der Waals surface area (Å²) in [6, 6.07) is 5.91. The standard InChI is InChI=1S/C22H19FN6O3/c1-13(30)18-10-15(23)11-28(18)20(31)12-29-17-5-3-14(4-6-19-25-7-2-8-26-19)9-16(17)21(27-29)22(24)32/h2-3,5,7-9,15,18H,10-12H2,1H3,(H2,24,32)/t15-,18+/m1/s1. The second-order valence-electron chi connectivity index (χ2n) is 7.43. The van der Waals surface area contributed by atoms with E-state index in [0.717, 1.165) is 0 Å². The molecule has 3 aromatic rings. The lowest BCUT2D eigenvalue weighted by Gasteiger charge is -2.22. The molecule has 1 aliphatic heterocycles. The fraction of sp³-hybridized carbons (Fsp3) is 0.273. The third-order valence-corrected chi connectivity index (χ3v) is 5.19. The van der Waals surface area contributed by atoms with Crippen molar-refractivity contribution in [2.75, 3.05) is 6.54 Å². The van der Waals surface area contributed by atoms with Crippen LogP contribution < -0.4 is 5.73 Å². The summed E-state index contributed by atoms with van der Waals surface area (Å²) < 4.78 is 15.2.